The Morgan fingerprint density at radius 3 is 2.73 bits per heavy atom. The molecule has 1 aromatic heterocycles. The highest BCUT2D eigenvalue weighted by atomic mass is 35.5. The molecule has 0 atom stereocenters. The van der Waals surface area contributed by atoms with Crippen molar-refractivity contribution in [3.63, 3.8) is 0 Å². The number of nitrogens with zero attached hydrogens (tertiary/aromatic N) is 2. The lowest BCUT2D eigenvalue weighted by atomic mass is 10.1. The number of rotatable bonds is 5. The van der Waals surface area contributed by atoms with E-state index in [4.69, 9.17) is 9.84 Å². The third-order valence-corrected chi connectivity index (χ3v) is 3.77. The minimum atomic E-state index is -0.928. The van der Waals surface area contributed by atoms with Gasteiger partial charge in [0.05, 0.1) is 11.1 Å². The fourth-order valence-corrected chi connectivity index (χ4v) is 2.61. The molecule has 1 aromatic carbocycles. The average molecular weight is 323 g/mol. The normalized spacial score (nSPS) is 14.7. The summed E-state index contributed by atoms with van der Waals surface area (Å²) in [6.45, 7) is 3.88. The Balaban J connectivity index is 0.00000176. The highest BCUT2D eigenvalue weighted by Crippen LogP contribution is 2.18. The Morgan fingerprint density at radius 1 is 1.23 bits per heavy atom. The van der Waals surface area contributed by atoms with Crippen molar-refractivity contribution in [2.75, 3.05) is 26.2 Å². The molecule has 0 amide bonds. The second-order valence-electron chi connectivity index (χ2n) is 5.26. The third-order valence-electron chi connectivity index (χ3n) is 3.77. The maximum atomic E-state index is 10.9. The van der Waals surface area contributed by atoms with Gasteiger partial charge in [-0.3, -0.25) is 4.90 Å². The molecular formula is C16H19ClN2O3. The molecule has 0 bridgehead atoms. The zero-order chi connectivity index (χ0) is 14.7. The Labute approximate surface area is 135 Å². The first-order valence-electron chi connectivity index (χ1n) is 7.22. The van der Waals surface area contributed by atoms with Gasteiger partial charge in [-0.25, -0.2) is 9.78 Å². The number of halogens is 1. The summed E-state index contributed by atoms with van der Waals surface area (Å²) in [6, 6.07) is 8.54. The van der Waals surface area contributed by atoms with E-state index in [0.29, 0.717) is 12.5 Å². The Morgan fingerprint density at radius 2 is 2.00 bits per heavy atom. The van der Waals surface area contributed by atoms with Crippen molar-refractivity contribution in [3.8, 4) is 5.88 Å². The fourth-order valence-electron chi connectivity index (χ4n) is 2.61. The molecule has 0 spiro atoms. The summed E-state index contributed by atoms with van der Waals surface area (Å²) >= 11 is 0. The highest BCUT2D eigenvalue weighted by Gasteiger charge is 2.11. The van der Waals surface area contributed by atoms with Crippen LogP contribution in [0, 0.1) is 0 Å². The van der Waals surface area contributed by atoms with Crippen LogP contribution in [0.25, 0.3) is 10.9 Å². The number of hydrogen-bond acceptors (Lipinski definition) is 4. The molecule has 2 aromatic rings. The van der Waals surface area contributed by atoms with Crippen molar-refractivity contribution in [1.29, 1.82) is 0 Å². The molecular weight excluding hydrogens is 304 g/mol. The van der Waals surface area contributed by atoms with E-state index < -0.39 is 5.97 Å². The minimum absolute atomic E-state index is 0. The van der Waals surface area contributed by atoms with Crippen LogP contribution in [0.2, 0.25) is 0 Å². The zero-order valence-electron chi connectivity index (χ0n) is 12.2. The van der Waals surface area contributed by atoms with Gasteiger partial charge in [0.1, 0.15) is 6.61 Å². The first-order valence-corrected chi connectivity index (χ1v) is 7.22. The number of aromatic nitrogens is 1. The lowest BCUT2D eigenvalue weighted by Crippen LogP contribution is -2.25. The van der Waals surface area contributed by atoms with Gasteiger partial charge in [-0.15, -0.1) is 12.4 Å². The van der Waals surface area contributed by atoms with E-state index >= 15 is 0 Å². The molecule has 2 heterocycles. The van der Waals surface area contributed by atoms with Crippen LogP contribution in [0.4, 0.5) is 0 Å². The number of pyridine rings is 1. The van der Waals surface area contributed by atoms with Crippen LogP contribution in [-0.2, 0) is 0 Å². The minimum Gasteiger partial charge on any atom is -0.478 e. The van der Waals surface area contributed by atoms with Crippen molar-refractivity contribution in [3.05, 3.63) is 35.9 Å². The summed E-state index contributed by atoms with van der Waals surface area (Å²) in [5.41, 5.74) is 1.02. The van der Waals surface area contributed by atoms with Crippen LogP contribution in [0.3, 0.4) is 0 Å². The third kappa shape index (κ3) is 3.87. The van der Waals surface area contributed by atoms with Crippen molar-refractivity contribution >= 4 is 29.3 Å². The van der Waals surface area contributed by atoms with Gasteiger partial charge in [-0.05, 0) is 50.2 Å². The fraction of sp³-hybridized carbons (Fsp3) is 0.375. The maximum absolute atomic E-state index is 10.9. The van der Waals surface area contributed by atoms with Gasteiger partial charge in [0.15, 0.2) is 0 Å². The molecule has 0 saturated carbocycles. The van der Waals surface area contributed by atoms with E-state index in [-0.39, 0.29) is 18.0 Å². The molecule has 1 N–H and O–H groups in total. The van der Waals surface area contributed by atoms with Gasteiger partial charge >= 0.3 is 5.97 Å². The van der Waals surface area contributed by atoms with Gasteiger partial charge in [0, 0.05) is 18.0 Å². The standard InChI is InChI=1S/C16H18N2O3.ClH/c19-16(20)13-3-5-14-12(11-13)4-6-15(17-14)21-10-9-18-7-1-2-8-18;/h3-6,11H,1-2,7-10H2,(H,19,20);1H. The second kappa shape index (κ2) is 7.42. The van der Waals surface area contributed by atoms with E-state index in [1.807, 2.05) is 6.07 Å². The van der Waals surface area contributed by atoms with E-state index in [1.165, 1.54) is 12.8 Å². The van der Waals surface area contributed by atoms with Crippen LogP contribution in [0.1, 0.15) is 23.2 Å². The van der Waals surface area contributed by atoms with E-state index in [2.05, 4.69) is 9.88 Å². The number of carbonyl (C=O) groups is 1. The molecule has 0 aliphatic carbocycles. The molecule has 3 rings (SSSR count). The van der Waals surface area contributed by atoms with Gasteiger partial charge in [0.25, 0.3) is 0 Å². The van der Waals surface area contributed by atoms with Crippen molar-refractivity contribution in [2.24, 2.45) is 0 Å². The predicted octanol–water partition coefficient (Wildman–Crippen LogP) is 2.83. The number of ether oxygens (including phenoxy) is 1. The monoisotopic (exact) mass is 322 g/mol. The number of benzene rings is 1. The number of carboxylic acid groups (broad SMARTS) is 1. The molecule has 0 unspecified atom stereocenters. The number of hydrogen-bond donors (Lipinski definition) is 1. The summed E-state index contributed by atoms with van der Waals surface area (Å²) in [5, 5.41) is 9.78. The topological polar surface area (TPSA) is 62.7 Å². The molecule has 1 aliphatic heterocycles. The van der Waals surface area contributed by atoms with Crippen molar-refractivity contribution in [1.82, 2.24) is 9.88 Å². The van der Waals surface area contributed by atoms with E-state index in [0.717, 1.165) is 30.5 Å². The quantitative estimate of drug-likeness (QED) is 0.917. The Kier molecular flexibility index (Phi) is 5.57. The van der Waals surface area contributed by atoms with E-state index in [9.17, 15) is 4.79 Å². The van der Waals surface area contributed by atoms with Gasteiger partial charge in [0.2, 0.25) is 5.88 Å². The van der Waals surface area contributed by atoms with Crippen molar-refractivity contribution in [2.45, 2.75) is 12.8 Å². The molecule has 0 radical (unpaired) electrons. The van der Waals surface area contributed by atoms with Crippen LogP contribution in [-0.4, -0.2) is 47.2 Å². The molecule has 1 fully saturated rings. The SMILES string of the molecule is Cl.O=C(O)c1ccc2nc(OCCN3CCCC3)ccc2c1. The smallest absolute Gasteiger partial charge is 0.335 e. The molecule has 118 valence electrons. The molecule has 1 saturated heterocycles. The number of likely N-dealkylation sites (tertiary alicyclic amines) is 1. The van der Waals surface area contributed by atoms with Gasteiger partial charge in [-0.2, -0.15) is 0 Å². The summed E-state index contributed by atoms with van der Waals surface area (Å²) < 4.78 is 5.68. The average Bonchev–Trinajstić information content (AvgIpc) is 3.00. The maximum Gasteiger partial charge on any atom is 0.335 e. The summed E-state index contributed by atoms with van der Waals surface area (Å²) in [6.07, 6.45) is 2.56. The van der Waals surface area contributed by atoms with Crippen molar-refractivity contribution < 1.29 is 14.6 Å². The molecule has 1 aliphatic rings. The van der Waals surface area contributed by atoms with Crippen LogP contribution < -0.4 is 4.74 Å². The van der Waals surface area contributed by atoms with Crippen LogP contribution in [0.15, 0.2) is 30.3 Å². The van der Waals surface area contributed by atoms with Crippen LogP contribution >= 0.6 is 12.4 Å². The Hall–Kier alpha value is -1.85. The van der Waals surface area contributed by atoms with Gasteiger partial charge in [-0.1, -0.05) is 0 Å². The number of carboxylic acids is 1. The first-order chi connectivity index (χ1) is 10.2. The molecule has 6 heteroatoms. The second-order valence-corrected chi connectivity index (χ2v) is 5.26. The first kappa shape index (κ1) is 16.5. The summed E-state index contributed by atoms with van der Waals surface area (Å²) in [5.74, 6) is -0.340. The number of aromatic carboxylic acids is 1. The molecule has 5 nitrogen and oxygen atoms in total. The highest BCUT2D eigenvalue weighted by molar-refractivity contribution is 5.93. The molecule has 22 heavy (non-hydrogen) atoms. The lowest BCUT2D eigenvalue weighted by molar-refractivity contribution is 0.0697. The van der Waals surface area contributed by atoms with E-state index in [1.54, 1.807) is 24.3 Å². The van der Waals surface area contributed by atoms with Gasteiger partial charge < -0.3 is 9.84 Å². The lowest BCUT2D eigenvalue weighted by Gasteiger charge is -2.14. The summed E-state index contributed by atoms with van der Waals surface area (Å²) in [4.78, 5) is 17.7. The summed E-state index contributed by atoms with van der Waals surface area (Å²) in [7, 11) is 0. The predicted molar refractivity (Wildman–Crippen MR) is 87.1 cm³/mol. The number of fused-ring (bicyclic) bond motifs is 1. The Bertz CT molecular complexity index is 657. The zero-order valence-corrected chi connectivity index (χ0v) is 13.0. The van der Waals surface area contributed by atoms with Crippen LogP contribution in [0.5, 0.6) is 5.88 Å². The largest absolute Gasteiger partial charge is 0.478 e.